The summed E-state index contributed by atoms with van der Waals surface area (Å²) in [6.45, 7) is 4.52. The molecule has 0 amide bonds. The van der Waals surface area contributed by atoms with Crippen LogP contribution in [0.5, 0.6) is 0 Å². The van der Waals surface area contributed by atoms with Crippen LogP contribution in [0.2, 0.25) is 5.02 Å². The fourth-order valence-corrected chi connectivity index (χ4v) is 4.62. The Hall–Kier alpha value is -1.15. The number of benzene rings is 1. The van der Waals surface area contributed by atoms with Gasteiger partial charge in [0.25, 0.3) is 0 Å². The number of sulfonamides is 1. The topological polar surface area (TPSA) is 75.7 Å². The zero-order valence-electron chi connectivity index (χ0n) is 15.3. The van der Waals surface area contributed by atoms with Crippen molar-refractivity contribution in [2.24, 2.45) is 0 Å². The second kappa shape index (κ2) is 9.69. The van der Waals surface area contributed by atoms with Crippen molar-refractivity contribution in [1.82, 2.24) is 9.62 Å². The van der Waals surface area contributed by atoms with Gasteiger partial charge < -0.3 is 9.64 Å². The summed E-state index contributed by atoms with van der Waals surface area (Å²) in [4.78, 5) is 14.1. The van der Waals surface area contributed by atoms with Crippen molar-refractivity contribution in [3.63, 3.8) is 0 Å². The van der Waals surface area contributed by atoms with E-state index >= 15 is 0 Å². The molecule has 0 spiro atoms. The summed E-state index contributed by atoms with van der Waals surface area (Å²) < 4.78 is 32.1. The van der Waals surface area contributed by atoms with E-state index in [2.05, 4.69) is 21.3 Å². The van der Waals surface area contributed by atoms with E-state index in [9.17, 15) is 13.2 Å². The zero-order chi connectivity index (χ0) is 19.2. The van der Waals surface area contributed by atoms with Gasteiger partial charge in [0.05, 0.1) is 22.6 Å². The molecule has 1 heterocycles. The van der Waals surface area contributed by atoms with E-state index in [0.717, 1.165) is 25.9 Å². The van der Waals surface area contributed by atoms with Crippen LogP contribution >= 0.6 is 11.6 Å². The molecule has 0 saturated carbocycles. The first-order valence-electron chi connectivity index (χ1n) is 9.00. The lowest BCUT2D eigenvalue weighted by Gasteiger charge is -2.35. The highest BCUT2D eigenvalue weighted by Gasteiger charge is 2.21. The second-order valence-electron chi connectivity index (χ2n) is 6.48. The molecule has 0 radical (unpaired) electrons. The van der Waals surface area contributed by atoms with Crippen molar-refractivity contribution < 1.29 is 17.9 Å². The largest absolute Gasteiger partial charge is 0.465 e. The third-order valence-corrected chi connectivity index (χ3v) is 6.58. The van der Waals surface area contributed by atoms with Crippen molar-refractivity contribution >= 4 is 27.6 Å². The Morgan fingerprint density at radius 1 is 1.38 bits per heavy atom. The first kappa shape index (κ1) is 21.2. The summed E-state index contributed by atoms with van der Waals surface area (Å²) in [7, 11) is -2.47. The SMILES string of the molecule is CCC1CCCCN1CCCNS(=O)(=O)c1ccc(Cl)c(C(=O)OC)c1. The molecule has 8 heteroatoms. The molecule has 1 fully saturated rings. The summed E-state index contributed by atoms with van der Waals surface area (Å²) in [5.41, 5.74) is 0.0381. The van der Waals surface area contributed by atoms with Gasteiger partial charge in [-0.15, -0.1) is 0 Å². The van der Waals surface area contributed by atoms with Crippen molar-refractivity contribution in [2.45, 2.75) is 50.0 Å². The van der Waals surface area contributed by atoms with E-state index in [1.165, 1.54) is 44.6 Å². The van der Waals surface area contributed by atoms with Crippen LogP contribution < -0.4 is 4.72 Å². The lowest BCUT2D eigenvalue weighted by Crippen LogP contribution is -2.40. The molecule has 1 aromatic rings. The number of piperidine rings is 1. The number of ether oxygens (including phenoxy) is 1. The highest BCUT2D eigenvalue weighted by atomic mass is 35.5. The van der Waals surface area contributed by atoms with Crippen LogP contribution in [-0.2, 0) is 14.8 Å². The standard InChI is InChI=1S/C18H27ClN2O4S/c1-3-14-7-4-5-11-21(14)12-6-10-20-26(23,24)15-8-9-17(19)16(13-15)18(22)25-2/h8-9,13-14,20H,3-7,10-12H2,1-2H3. The van der Waals surface area contributed by atoms with Gasteiger partial charge in [-0.3, -0.25) is 0 Å². The summed E-state index contributed by atoms with van der Waals surface area (Å²) in [6.07, 6.45) is 5.59. The van der Waals surface area contributed by atoms with E-state index in [0.29, 0.717) is 12.6 Å². The number of nitrogens with one attached hydrogen (secondary N) is 1. The molecule has 0 aromatic heterocycles. The first-order chi connectivity index (χ1) is 12.4. The Kier molecular flexibility index (Phi) is 7.88. The monoisotopic (exact) mass is 402 g/mol. The molecular weight excluding hydrogens is 376 g/mol. The molecule has 1 aliphatic heterocycles. The lowest BCUT2D eigenvalue weighted by molar-refractivity contribution is 0.0600. The van der Waals surface area contributed by atoms with E-state index in [1.807, 2.05) is 0 Å². The summed E-state index contributed by atoms with van der Waals surface area (Å²) in [5, 5.41) is 0.159. The number of halogens is 1. The highest BCUT2D eigenvalue weighted by molar-refractivity contribution is 7.89. The smallest absolute Gasteiger partial charge is 0.339 e. The third kappa shape index (κ3) is 5.42. The number of esters is 1. The fourth-order valence-electron chi connectivity index (χ4n) is 3.33. The van der Waals surface area contributed by atoms with Crippen molar-refractivity contribution in [1.29, 1.82) is 0 Å². The van der Waals surface area contributed by atoms with Gasteiger partial charge >= 0.3 is 5.97 Å². The summed E-state index contributed by atoms with van der Waals surface area (Å²) in [6, 6.07) is 4.63. The Morgan fingerprint density at radius 2 is 2.15 bits per heavy atom. The van der Waals surface area contributed by atoms with Crippen molar-refractivity contribution in [3.05, 3.63) is 28.8 Å². The van der Waals surface area contributed by atoms with Gasteiger partial charge in [-0.05, 0) is 57.0 Å². The molecule has 6 nitrogen and oxygen atoms in total. The number of rotatable bonds is 8. The Morgan fingerprint density at radius 3 is 2.85 bits per heavy atom. The van der Waals surface area contributed by atoms with Crippen LogP contribution in [0.3, 0.4) is 0 Å². The van der Waals surface area contributed by atoms with Crippen LogP contribution in [0.25, 0.3) is 0 Å². The quantitative estimate of drug-likeness (QED) is 0.534. The maximum Gasteiger partial charge on any atom is 0.339 e. The van der Waals surface area contributed by atoms with Gasteiger partial charge in [-0.2, -0.15) is 0 Å². The minimum Gasteiger partial charge on any atom is -0.465 e. The summed E-state index contributed by atoms with van der Waals surface area (Å²) in [5.74, 6) is -0.664. The van der Waals surface area contributed by atoms with E-state index in [-0.39, 0.29) is 15.5 Å². The molecule has 146 valence electrons. The van der Waals surface area contributed by atoms with Crippen LogP contribution in [0.15, 0.2) is 23.1 Å². The predicted octanol–water partition coefficient (Wildman–Crippen LogP) is 3.06. The molecule has 0 aliphatic carbocycles. The summed E-state index contributed by atoms with van der Waals surface area (Å²) >= 11 is 5.94. The Labute approximate surface area is 160 Å². The van der Waals surface area contributed by atoms with Gasteiger partial charge in [0, 0.05) is 12.6 Å². The van der Waals surface area contributed by atoms with Crippen LogP contribution in [0.1, 0.15) is 49.4 Å². The van der Waals surface area contributed by atoms with Crippen LogP contribution in [0, 0.1) is 0 Å². The first-order valence-corrected chi connectivity index (χ1v) is 10.9. The third-order valence-electron chi connectivity index (χ3n) is 4.79. The van der Waals surface area contributed by atoms with Crippen LogP contribution in [-0.4, -0.2) is 52.1 Å². The number of carbonyl (C=O) groups excluding carboxylic acids is 1. The van der Waals surface area contributed by atoms with E-state index in [1.54, 1.807) is 0 Å². The van der Waals surface area contributed by atoms with Crippen molar-refractivity contribution in [2.75, 3.05) is 26.7 Å². The highest BCUT2D eigenvalue weighted by Crippen LogP contribution is 2.22. The molecular formula is C18H27ClN2O4S. The van der Waals surface area contributed by atoms with E-state index in [4.69, 9.17) is 11.6 Å². The molecule has 2 rings (SSSR count). The lowest BCUT2D eigenvalue weighted by atomic mass is 10.00. The number of nitrogens with zero attached hydrogens (tertiary/aromatic N) is 1. The van der Waals surface area contributed by atoms with Gasteiger partial charge in [-0.1, -0.05) is 24.9 Å². The van der Waals surface area contributed by atoms with E-state index < -0.39 is 16.0 Å². The molecule has 0 bridgehead atoms. The van der Waals surface area contributed by atoms with Crippen LogP contribution in [0.4, 0.5) is 0 Å². The predicted molar refractivity (Wildman–Crippen MR) is 102 cm³/mol. The zero-order valence-corrected chi connectivity index (χ0v) is 16.9. The molecule has 1 atom stereocenters. The van der Waals surface area contributed by atoms with Gasteiger partial charge in [0.2, 0.25) is 10.0 Å². The normalized spacial score (nSPS) is 18.7. The minimum absolute atomic E-state index is 0.00621. The average Bonchev–Trinajstić information content (AvgIpc) is 2.65. The number of carbonyl (C=O) groups is 1. The Bertz CT molecular complexity index is 724. The molecule has 1 aliphatic rings. The van der Waals surface area contributed by atoms with Crippen molar-refractivity contribution in [3.8, 4) is 0 Å². The van der Waals surface area contributed by atoms with Gasteiger partial charge in [0.15, 0.2) is 0 Å². The maximum atomic E-state index is 12.5. The average molecular weight is 403 g/mol. The number of hydrogen-bond donors (Lipinski definition) is 1. The second-order valence-corrected chi connectivity index (χ2v) is 8.65. The molecule has 1 saturated heterocycles. The molecule has 1 N–H and O–H groups in total. The maximum absolute atomic E-state index is 12.5. The minimum atomic E-state index is -3.70. The fraction of sp³-hybridized carbons (Fsp3) is 0.611. The molecule has 1 unspecified atom stereocenters. The Balaban J connectivity index is 1.93. The van der Waals surface area contributed by atoms with Gasteiger partial charge in [0.1, 0.15) is 0 Å². The van der Waals surface area contributed by atoms with Gasteiger partial charge in [-0.25, -0.2) is 17.9 Å². The number of likely N-dealkylation sites (tertiary alicyclic amines) is 1. The molecule has 1 aromatic carbocycles. The number of hydrogen-bond acceptors (Lipinski definition) is 5. The molecule has 26 heavy (non-hydrogen) atoms. The number of methoxy groups -OCH3 is 1.